The molecule has 8 heteroatoms. The first-order valence-electron chi connectivity index (χ1n) is 9.03. The third-order valence-corrected chi connectivity index (χ3v) is 8.15. The molecule has 0 aliphatic carbocycles. The molecule has 0 N–H and O–H groups in total. The van der Waals surface area contributed by atoms with Crippen LogP contribution in [-0.4, -0.2) is 48.3 Å². The molecule has 1 saturated heterocycles. The molecule has 3 rings (SSSR count). The Kier molecular flexibility index (Phi) is 6.60. The van der Waals surface area contributed by atoms with Gasteiger partial charge in [-0.2, -0.15) is 0 Å². The smallest absolute Gasteiger partial charge is 0.254 e. The van der Waals surface area contributed by atoms with Crippen LogP contribution in [-0.2, 0) is 15.6 Å². The number of rotatable bonds is 7. The summed E-state index contributed by atoms with van der Waals surface area (Å²) in [5.74, 6) is 0.987. The lowest BCUT2D eigenvalue weighted by atomic mass is 10.1. The zero-order valence-corrected chi connectivity index (χ0v) is 18.0. The summed E-state index contributed by atoms with van der Waals surface area (Å²) in [6, 6.07) is 7.37. The first kappa shape index (κ1) is 20.4. The molecule has 146 valence electrons. The summed E-state index contributed by atoms with van der Waals surface area (Å²) in [5, 5.41) is 3.13. The van der Waals surface area contributed by atoms with Gasteiger partial charge in [0.1, 0.15) is 0 Å². The van der Waals surface area contributed by atoms with E-state index in [1.165, 1.54) is 0 Å². The highest BCUT2D eigenvalue weighted by atomic mass is 32.2. The lowest BCUT2D eigenvalue weighted by molar-refractivity contribution is 0.0697. The predicted octanol–water partition coefficient (Wildman–Crippen LogP) is 3.78. The molecule has 0 bridgehead atoms. The molecule has 1 aliphatic rings. The van der Waals surface area contributed by atoms with Gasteiger partial charge in [-0.1, -0.05) is 6.92 Å². The Morgan fingerprint density at radius 1 is 1.33 bits per heavy atom. The Morgan fingerprint density at radius 2 is 2.07 bits per heavy atom. The lowest BCUT2D eigenvalue weighted by Gasteiger charge is -2.28. The number of carbonyl (C=O) groups excluding carboxylic acids is 1. The highest BCUT2D eigenvalue weighted by Crippen LogP contribution is 2.25. The topological polar surface area (TPSA) is 67.3 Å². The van der Waals surface area contributed by atoms with E-state index in [9.17, 15) is 13.2 Å². The fourth-order valence-corrected chi connectivity index (χ4v) is 6.44. The van der Waals surface area contributed by atoms with Gasteiger partial charge in [-0.05, 0) is 44.0 Å². The minimum atomic E-state index is -3.02. The van der Waals surface area contributed by atoms with E-state index in [0.29, 0.717) is 18.5 Å². The van der Waals surface area contributed by atoms with Crippen molar-refractivity contribution in [2.24, 2.45) is 0 Å². The molecule has 0 saturated carbocycles. The van der Waals surface area contributed by atoms with Gasteiger partial charge in [0.2, 0.25) is 0 Å². The zero-order valence-electron chi connectivity index (χ0n) is 15.6. The van der Waals surface area contributed by atoms with Gasteiger partial charge in [-0.15, -0.1) is 23.1 Å². The van der Waals surface area contributed by atoms with Crippen molar-refractivity contribution < 1.29 is 13.2 Å². The highest BCUT2D eigenvalue weighted by Gasteiger charge is 2.34. The third kappa shape index (κ3) is 5.33. The van der Waals surface area contributed by atoms with E-state index in [1.807, 2.05) is 38.1 Å². The Labute approximate surface area is 169 Å². The number of benzene rings is 1. The molecule has 1 fully saturated rings. The Hall–Kier alpha value is -1.38. The molecular formula is C19H24N2O3S3. The molecule has 1 aliphatic heterocycles. The molecule has 27 heavy (non-hydrogen) atoms. The first-order valence-corrected chi connectivity index (χ1v) is 12.7. The number of nitrogens with zero attached hydrogens (tertiary/aromatic N) is 2. The summed E-state index contributed by atoms with van der Waals surface area (Å²) in [4.78, 5) is 20.2. The molecule has 0 radical (unpaired) electrons. The number of hydrogen-bond donors (Lipinski definition) is 0. The van der Waals surface area contributed by atoms with Crippen LogP contribution in [0.3, 0.4) is 0 Å². The number of sulfone groups is 1. The summed E-state index contributed by atoms with van der Waals surface area (Å²) in [6.07, 6.45) is 1.35. The fourth-order valence-electron chi connectivity index (χ4n) is 3.20. The van der Waals surface area contributed by atoms with Gasteiger partial charge < -0.3 is 4.90 Å². The Balaban J connectivity index is 1.66. The standard InChI is InChI=1S/C19H24N2O3S3/c1-3-9-21(17-8-10-27(23,24)13-17)19(22)15-4-6-18(7-5-15)26-12-16-11-25-14(2)20-16/h4-7,11,17H,3,8-10,12-13H2,1-2H3. The minimum Gasteiger partial charge on any atom is -0.335 e. The van der Waals surface area contributed by atoms with Crippen LogP contribution < -0.4 is 0 Å². The van der Waals surface area contributed by atoms with Crippen LogP contribution in [0.4, 0.5) is 0 Å². The van der Waals surface area contributed by atoms with Crippen molar-refractivity contribution in [3.63, 3.8) is 0 Å². The fraction of sp³-hybridized carbons (Fsp3) is 0.474. The van der Waals surface area contributed by atoms with Gasteiger partial charge in [0, 0.05) is 34.2 Å². The maximum atomic E-state index is 12.9. The van der Waals surface area contributed by atoms with E-state index in [1.54, 1.807) is 28.0 Å². The van der Waals surface area contributed by atoms with Crippen LogP contribution >= 0.6 is 23.1 Å². The highest BCUT2D eigenvalue weighted by molar-refractivity contribution is 7.98. The van der Waals surface area contributed by atoms with Crippen molar-refractivity contribution >= 4 is 38.8 Å². The summed E-state index contributed by atoms with van der Waals surface area (Å²) in [5.41, 5.74) is 1.68. The van der Waals surface area contributed by atoms with E-state index >= 15 is 0 Å². The number of thiazole rings is 1. The molecule has 1 aromatic carbocycles. The normalized spacial score (nSPS) is 18.5. The second-order valence-corrected chi connectivity index (χ2v) is 11.1. The molecule has 1 atom stereocenters. The predicted molar refractivity (Wildman–Crippen MR) is 111 cm³/mol. The summed E-state index contributed by atoms with van der Waals surface area (Å²) in [7, 11) is -3.02. The second kappa shape index (κ2) is 8.75. The van der Waals surface area contributed by atoms with Gasteiger partial charge in [-0.25, -0.2) is 13.4 Å². The molecule has 1 unspecified atom stereocenters. The van der Waals surface area contributed by atoms with Gasteiger partial charge in [0.05, 0.1) is 22.2 Å². The maximum Gasteiger partial charge on any atom is 0.254 e. The van der Waals surface area contributed by atoms with Crippen LogP contribution in [0.2, 0.25) is 0 Å². The van der Waals surface area contributed by atoms with Crippen LogP contribution in [0.25, 0.3) is 0 Å². The molecular weight excluding hydrogens is 400 g/mol. The largest absolute Gasteiger partial charge is 0.335 e. The van der Waals surface area contributed by atoms with Gasteiger partial charge >= 0.3 is 0 Å². The number of carbonyl (C=O) groups is 1. The van der Waals surface area contributed by atoms with Gasteiger partial charge in [0.25, 0.3) is 5.91 Å². The number of thioether (sulfide) groups is 1. The van der Waals surface area contributed by atoms with Crippen molar-refractivity contribution in [1.82, 2.24) is 9.88 Å². The van der Waals surface area contributed by atoms with E-state index in [4.69, 9.17) is 0 Å². The number of aryl methyl sites for hydroxylation is 1. The zero-order chi connectivity index (χ0) is 19.4. The first-order chi connectivity index (χ1) is 12.9. The molecule has 0 spiro atoms. The third-order valence-electron chi connectivity index (χ3n) is 4.53. The molecule has 2 heterocycles. The molecule has 5 nitrogen and oxygen atoms in total. The van der Waals surface area contributed by atoms with Gasteiger partial charge in [-0.3, -0.25) is 4.79 Å². The maximum absolute atomic E-state index is 12.9. The summed E-state index contributed by atoms with van der Waals surface area (Å²) in [6.45, 7) is 4.58. The van der Waals surface area contributed by atoms with Crippen molar-refractivity contribution in [2.45, 2.75) is 43.4 Å². The second-order valence-electron chi connectivity index (χ2n) is 6.73. The van der Waals surface area contributed by atoms with Crippen LogP contribution in [0.1, 0.15) is 40.8 Å². The van der Waals surface area contributed by atoms with Crippen LogP contribution in [0, 0.1) is 6.92 Å². The average molecular weight is 425 g/mol. The van der Waals surface area contributed by atoms with E-state index in [0.717, 1.165) is 27.8 Å². The number of aromatic nitrogens is 1. The SMILES string of the molecule is CCCN(C(=O)c1ccc(SCc2csc(C)n2)cc1)C1CCS(=O)(=O)C1. The van der Waals surface area contributed by atoms with Gasteiger partial charge in [0.15, 0.2) is 9.84 Å². The average Bonchev–Trinajstić information content (AvgIpc) is 3.22. The van der Waals surface area contributed by atoms with E-state index < -0.39 is 9.84 Å². The van der Waals surface area contributed by atoms with Crippen LogP contribution in [0.5, 0.6) is 0 Å². The lowest BCUT2D eigenvalue weighted by Crippen LogP contribution is -2.41. The quantitative estimate of drug-likeness (QED) is 0.633. The Morgan fingerprint density at radius 3 is 2.63 bits per heavy atom. The van der Waals surface area contributed by atoms with Crippen LogP contribution in [0.15, 0.2) is 34.5 Å². The van der Waals surface area contributed by atoms with E-state index in [-0.39, 0.29) is 23.5 Å². The number of amides is 1. The van der Waals surface area contributed by atoms with Crippen molar-refractivity contribution in [1.29, 1.82) is 0 Å². The molecule has 2 aromatic rings. The number of hydrogen-bond acceptors (Lipinski definition) is 6. The minimum absolute atomic E-state index is 0.0781. The molecule has 1 aromatic heterocycles. The van der Waals surface area contributed by atoms with Crippen molar-refractivity contribution in [3.05, 3.63) is 45.9 Å². The summed E-state index contributed by atoms with van der Waals surface area (Å²) < 4.78 is 23.6. The van der Waals surface area contributed by atoms with E-state index in [2.05, 4.69) is 10.4 Å². The summed E-state index contributed by atoms with van der Waals surface area (Å²) >= 11 is 3.34. The molecule has 1 amide bonds. The van der Waals surface area contributed by atoms with Crippen molar-refractivity contribution in [2.75, 3.05) is 18.1 Å². The monoisotopic (exact) mass is 424 g/mol. The van der Waals surface area contributed by atoms with Crippen molar-refractivity contribution in [3.8, 4) is 0 Å². The Bertz CT molecular complexity index is 891.